The van der Waals surface area contributed by atoms with E-state index < -0.39 is 5.41 Å². The van der Waals surface area contributed by atoms with Gasteiger partial charge in [-0.15, -0.1) is 0 Å². The van der Waals surface area contributed by atoms with Gasteiger partial charge in [-0.3, -0.25) is 0 Å². The largest absolute Gasteiger partial charge is 0.305 e. The molecule has 5 heteroatoms. The van der Waals surface area contributed by atoms with Gasteiger partial charge in [-0.05, 0) is 90.9 Å². The minimum atomic E-state index is -0.706. The van der Waals surface area contributed by atoms with Gasteiger partial charge in [-0.2, -0.15) is 15.8 Å². The Morgan fingerprint density at radius 1 is 0.732 bits per heavy atom. The predicted molar refractivity (Wildman–Crippen MR) is 173 cm³/mol. The van der Waals surface area contributed by atoms with Crippen molar-refractivity contribution in [3.8, 4) is 29.3 Å². The Morgan fingerprint density at radius 2 is 1.29 bits per heavy atom. The van der Waals surface area contributed by atoms with E-state index in [0.717, 1.165) is 33.1 Å². The molecule has 0 aliphatic heterocycles. The molecule has 3 atom stereocenters. The highest BCUT2D eigenvalue weighted by molar-refractivity contribution is 14.1. The molecule has 0 aliphatic carbocycles. The number of hydrogen-bond acceptors (Lipinski definition) is 4. The maximum atomic E-state index is 10.2. The van der Waals surface area contributed by atoms with Crippen molar-refractivity contribution in [1.82, 2.24) is 5.32 Å². The molecule has 0 fully saturated rings. The van der Waals surface area contributed by atoms with Crippen LogP contribution >= 0.6 is 22.6 Å². The van der Waals surface area contributed by atoms with Crippen LogP contribution in [0.3, 0.4) is 0 Å². The summed E-state index contributed by atoms with van der Waals surface area (Å²) >= 11 is 2.38. The van der Waals surface area contributed by atoms with E-state index >= 15 is 0 Å². The quantitative estimate of drug-likeness (QED) is 0.138. The van der Waals surface area contributed by atoms with Gasteiger partial charge in [-0.1, -0.05) is 89.3 Å². The molecule has 204 valence electrons. The Labute approximate surface area is 257 Å². The smallest absolute Gasteiger partial charge is 0.0991 e. The average molecular weight is 649 g/mol. The third-order valence-corrected chi connectivity index (χ3v) is 8.55. The zero-order chi connectivity index (χ0) is 29.4. The molecule has 4 rings (SSSR count). The van der Waals surface area contributed by atoms with Crippen LogP contribution in [0.5, 0.6) is 0 Å². The molecule has 0 saturated carbocycles. The first kappa shape index (κ1) is 30.0. The zero-order valence-corrected chi connectivity index (χ0v) is 25.8. The van der Waals surface area contributed by atoms with E-state index in [0.29, 0.717) is 11.1 Å². The van der Waals surface area contributed by atoms with Crippen molar-refractivity contribution in [2.75, 3.05) is 0 Å². The van der Waals surface area contributed by atoms with Crippen LogP contribution in [0.15, 0.2) is 97.1 Å². The van der Waals surface area contributed by atoms with E-state index in [-0.39, 0.29) is 18.0 Å². The monoisotopic (exact) mass is 648 g/mol. The van der Waals surface area contributed by atoms with Crippen molar-refractivity contribution in [2.45, 2.75) is 49.6 Å². The van der Waals surface area contributed by atoms with Crippen molar-refractivity contribution in [3.05, 3.63) is 130 Å². The Balaban J connectivity index is 1.72. The highest BCUT2D eigenvalue weighted by atomic mass is 127. The first-order valence-electron chi connectivity index (χ1n) is 13.7. The minimum Gasteiger partial charge on any atom is -0.305 e. The molecular formula is C36H33IN4. The number of nitrogens with zero attached hydrogens (tertiary/aromatic N) is 3. The third kappa shape index (κ3) is 7.42. The molecule has 0 amide bonds. The van der Waals surface area contributed by atoms with Gasteiger partial charge in [-0.25, -0.2) is 0 Å². The molecule has 0 aromatic heterocycles. The van der Waals surface area contributed by atoms with Crippen LogP contribution in [-0.4, -0.2) is 6.04 Å². The lowest BCUT2D eigenvalue weighted by Crippen LogP contribution is -2.42. The molecule has 4 aromatic carbocycles. The number of benzene rings is 4. The molecule has 0 saturated heterocycles. The molecule has 0 aliphatic rings. The normalized spacial score (nSPS) is 13.3. The molecule has 4 nitrogen and oxygen atoms in total. The second-order valence-corrected chi connectivity index (χ2v) is 11.8. The van der Waals surface area contributed by atoms with E-state index in [4.69, 9.17) is 0 Å². The molecule has 0 radical (unpaired) electrons. The van der Waals surface area contributed by atoms with E-state index in [1.165, 1.54) is 11.1 Å². The van der Waals surface area contributed by atoms with E-state index in [1.807, 2.05) is 62.4 Å². The fraction of sp³-hybridized carbons (Fsp3) is 0.250. The fourth-order valence-electron chi connectivity index (χ4n) is 5.27. The Bertz CT molecular complexity index is 1620. The van der Waals surface area contributed by atoms with Crippen molar-refractivity contribution in [3.63, 3.8) is 0 Å². The number of halogens is 1. The van der Waals surface area contributed by atoms with Gasteiger partial charge in [0.25, 0.3) is 0 Å². The van der Waals surface area contributed by atoms with Gasteiger partial charge in [0.2, 0.25) is 0 Å². The van der Waals surface area contributed by atoms with E-state index in [1.54, 1.807) is 6.07 Å². The van der Waals surface area contributed by atoms with Crippen LogP contribution in [0.2, 0.25) is 0 Å². The number of rotatable bonds is 10. The summed E-state index contributed by atoms with van der Waals surface area (Å²) in [4.78, 5) is 0. The van der Waals surface area contributed by atoms with E-state index in [9.17, 15) is 15.8 Å². The van der Waals surface area contributed by atoms with Crippen molar-refractivity contribution >= 4 is 22.6 Å². The predicted octanol–water partition coefficient (Wildman–Crippen LogP) is 8.63. The molecule has 0 bridgehead atoms. The summed E-state index contributed by atoms with van der Waals surface area (Å²) in [6, 6.07) is 39.2. The second-order valence-electron chi connectivity index (χ2n) is 11.0. The van der Waals surface area contributed by atoms with Gasteiger partial charge in [0, 0.05) is 16.4 Å². The number of nitriles is 3. The highest BCUT2D eigenvalue weighted by Gasteiger charge is 2.34. The lowest BCUT2D eigenvalue weighted by Gasteiger charge is -2.36. The van der Waals surface area contributed by atoms with Crippen LogP contribution < -0.4 is 5.32 Å². The number of alkyl halides is 1. The van der Waals surface area contributed by atoms with Gasteiger partial charge < -0.3 is 5.32 Å². The summed E-state index contributed by atoms with van der Waals surface area (Å²) in [5.74, 6) is 0.0706. The molecule has 0 heterocycles. The zero-order valence-electron chi connectivity index (χ0n) is 23.6. The van der Waals surface area contributed by atoms with Crippen LogP contribution in [0.4, 0.5) is 0 Å². The van der Waals surface area contributed by atoms with Gasteiger partial charge >= 0.3 is 0 Å². The summed E-state index contributed by atoms with van der Waals surface area (Å²) in [6.45, 7) is 6.10. The molecule has 4 aromatic rings. The lowest BCUT2D eigenvalue weighted by atomic mass is 9.79. The molecule has 0 spiro atoms. The maximum Gasteiger partial charge on any atom is 0.0991 e. The first-order chi connectivity index (χ1) is 19.8. The third-order valence-electron chi connectivity index (χ3n) is 7.66. The van der Waals surface area contributed by atoms with Crippen LogP contribution in [0.25, 0.3) is 11.1 Å². The van der Waals surface area contributed by atoms with Gasteiger partial charge in [0.05, 0.1) is 40.8 Å². The molecular weight excluding hydrogens is 615 g/mol. The maximum absolute atomic E-state index is 10.2. The Hall–Kier alpha value is -3.96. The summed E-state index contributed by atoms with van der Waals surface area (Å²) < 4.78 is 0.967. The second kappa shape index (κ2) is 13.6. The van der Waals surface area contributed by atoms with Crippen LogP contribution in [0.1, 0.15) is 66.1 Å². The average Bonchev–Trinajstić information content (AvgIpc) is 3.02. The summed E-state index contributed by atoms with van der Waals surface area (Å²) in [5, 5.41) is 33.1. The summed E-state index contributed by atoms with van der Waals surface area (Å²) in [5.41, 5.74) is 7.15. The first-order valence-corrected chi connectivity index (χ1v) is 15.2. The van der Waals surface area contributed by atoms with Crippen LogP contribution in [0, 0.1) is 39.4 Å². The highest BCUT2D eigenvalue weighted by Crippen LogP contribution is 2.37. The molecule has 41 heavy (non-hydrogen) atoms. The van der Waals surface area contributed by atoms with Gasteiger partial charge in [0.1, 0.15) is 0 Å². The molecule has 1 N–H and O–H groups in total. The topological polar surface area (TPSA) is 83.4 Å². The summed E-state index contributed by atoms with van der Waals surface area (Å²) in [7, 11) is 0. The Morgan fingerprint density at radius 3 is 1.93 bits per heavy atom. The summed E-state index contributed by atoms with van der Waals surface area (Å²) in [6.07, 6.45) is 0.797. The van der Waals surface area contributed by atoms with Crippen molar-refractivity contribution in [2.24, 2.45) is 5.41 Å². The van der Waals surface area contributed by atoms with Crippen molar-refractivity contribution in [1.29, 1.82) is 15.8 Å². The Kier molecular flexibility index (Phi) is 9.95. The minimum absolute atomic E-state index is 0.0172. The van der Waals surface area contributed by atoms with Gasteiger partial charge in [0.15, 0.2) is 0 Å². The number of nitrogens with one attached hydrogen (secondary N) is 1. The lowest BCUT2D eigenvalue weighted by molar-refractivity contribution is 0.281. The fourth-order valence-corrected chi connectivity index (χ4v) is 5.78. The van der Waals surface area contributed by atoms with E-state index in [2.05, 4.69) is 95.5 Å². The SMILES string of the molecule is C[C@H](NC(c1cccc(-c2cccc(C#N)c2)c1)C(C)(C)C#N)[C@@H](Cc1ccc(CI)cc1)c1cccc(C#N)c1. The standard InChI is InChI=1S/C36H33IN4/c1-25(34(32-11-5-8-29(18-32)23-39)19-26-13-15-27(21-37)16-14-26)41-35(36(2,3)24-40)33-12-6-10-31(20-33)30-9-4-7-28(17-30)22-38/h4-18,20,25,34-35,41H,19,21H2,1-3H3/t25-,34+,35?/m0/s1. The van der Waals surface area contributed by atoms with Crippen LogP contribution in [-0.2, 0) is 10.8 Å². The van der Waals surface area contributed by atoms with Crippen molar-refractivity contribution < 1.29 is 0 Å². The molecule has 1 unspecified atom stereocenters. The number of hydrogen-bond donors (Lipinski definition) is 1.